The number of carbonyl (C=O) groups excluding carboxylic acids is 4. The zero-order valence-corrected chi connectivity index (χ0v) is 19.3. The maximum atomic E-state index is 12.9. The maximum absolute atomic E-state index is 12.9. The Balaban J connectivity index is 2.79. The molecule has 1 fully saturated rings. The molecule has 1 saturated heterocycles. The Bertz CT molecular complexity index is 1120. The van der Waals surface area contributed by atoms with Gasteiger partial charge in [-0.1, -0.05) is 0 Å². The lowest BCUT2D eigenvalue weighted by molar-refractivity contribution is -0.270. The number of hydrogen-bond acceptors (Lipinski definition) is 12. The van der Waals surface area contributed by atoms with Gasteiger partial charge in [0.25, 0.3) is 0 Å². The summed E-state index contributed by atoms with van der Waals surface area (Å²) in [6.45, 7) is 3.64. The first-order valence-corrected chi connectivity index (χ1v) is 9.95. The standard InChI is InChI=1S/C19H25N3O12/c1-8(23)30-7-12-13(31-9(2)24)14(32-10(3)25)15(33-11(4)26)16(34-12)22-18(28)20(5)17(27)21(6)19(22)29/h12-16H,7H2,1-6H3/t12-,13-,14+,15+,16+/m1/s1. The zero-order chi connectivity index (χ0) is 25.9. The molecule has 188 valence electrons. The van der Waals surface area contributed by atoms with E-state index in [0.29, 0.717) is 13.7 Å². The molecule has 15 heteroatoms. The molecule has 1 aromatic rings. The molecule has 5 atom stereocenters. The van der Waals surface area contributed by atoms with Crippen molar-refractivity contribution in [2.24, 2.45) is 14.1 Å². The molecule has 1 aliphatic heterocycles. The summed E-state index contributed by atoms with van der Waals surface area (Å²) in [4.78, 5) is 84.8. The van der Waals surface area contributed by atoms with Gasteiger partial charge in [0.2, 0.25) is 0 Å². The largest absolute Gasteiger partial charge is 0.463 e. The first-order valence-electron chi connectivity index (χ1n) is 9.95. The summed E-state index contributed by atoms with van der Waals surface area (Å²) < 4.78 is 28.2. The van der Waals surface area contributed by atoms with Crippen LogP contribution in [0.1, 0.15) is 33.9 Å². The van der Waals surface area contributed by atoms with Crippen molar-refractivity contribution in [3.8, 4) is 0 Å². The molecule has 2 rings (SSSR count). The average molecular weight is 487 g/mol. The highest BCUT2D eigenvalue weighted by Gasteiger charge is 2.53. The third kappa shape index (κ3) is 5.59. The van der Waals surface area contributed by atoms with Gasteiger partial charge in [-0.15, -0.1) is 0 Å². The molecular weight excluding hydrogens is 462 g/mol. The monoisotopic (exact) mass is 487 g/mol. The van der Waals surface area contributed by atoms with Crippen molar-refractivity contribution in [2.45, 2.75) is 58.3 Å². The van der Waals surface area contributed by atoms with E-state index in [4.69, 9.17) is 23.7 Å². The van der Waals surface area contributed by atoms with Crippen molar-refractivity contribution in [3.63, 3.8) is 0 Å². The van der Waals surface area contributed by atoms with Crippen molar-refractivity contribution in [3.05, 3.63) is 31.5 Å². The second-order valence-electron chi connectivity index (χ2n) is 7.43. The van der Waals surface area contributed by atoms with Gasteiger partial charge in [-0.25, -0.2) is 28.1 Å². The Hall–Kier alpha value is -3.75. The van der Waals surface area contributed by atoms with E-state index < -0.39 is 78.2 Å². The van der Waals surface area contributed by atoms with Crippen molar-refractivity contribution in [1.29, 1.82) is 0 Å². The van der Waals surface area contributed by atoms with Crippen molar-refractivity contribution < 1.29 is 42.9 Å². The summed E-state index contributed by atoms with van der Waals surface area (Å²) in [5.41, 5.74) is -3.19. The van der Waals surface area contributed by atoms with Crippen LogP contribution in [0.5, 0.6) is 0 Å². The Labute approximate surface area is 191 Å². The van der Waals surface area contributed by atoms with Gasteiger partial charge in [-0.3, -0.25) is 19.2 Å². The van der Waals surface area contributed by atoms with Gasteiger partial charge in [-0.2, -0.15) is 0 Å². The predicted molar refractivity (Wildman–Crippen MR) is 108 cm³/mol. The zero-order valence-electron chi connectivity index (χ0n) is 19.3. The molecule has 0 aliphatic carbocycles. The van der Waals surface area contributed by atoms with Crippen molar-refractivity contribution in [2.75, 3.05) is 6.61 Å². The molecule has 0 saturated carbocycles. The fourth-order valence-electron chi connectivity index (χ4n) is 3.42. The molecule has 0 bridgehead atoms. The highest BCUT2D eigenvalue weighted by Crippen LogP contribution is 2.33. The van der Waals surface area contributed by atoms with Crippen molar-refractivity contribution in [1.82, 2.24) is 13.7 Å². The fraction of sp³-hybridized carbons (Fsp3) is 0.632. The molecule has 34 heavy (non-hydrogen) atoms. The second-order valence-corrected chi connectivity index (χ2v) is 7.43. The normalized spacial score (nSPS) is 24.1. The van der Waals surface area contributed by atoms with Crippen LogP contribution in [0.4, 0.5) is 0 Å². The fourth-order valence-corrected chi connectivity index (χ4v) is 3.42. The molecule has 0 spiro atoms. The highest BCUT2D eigenvalue weighted by molar-refractivity contribution is 5.68. The van der Waals surface area contributed by atoms with Crippen LogP contribution in [-0.4, -0.2) is 68.6 Å². The lowest BCUT2D eigenvalue weighted by Crippen LogP contribution is -2.64. The molecule has 0 unspecified atom stereocenters. The van der Waals surface area contributed by atoms with E-state index in [9.17, 15) is 33.6 Å². The van der Waals surface area contributed by atoms with Gasteiger partial charge in [0.05, 0.1) is 0 Å². The third-order valence-electron chi connectivity index (χ3n) is 4.78. The maximum Gasteiger partial charge on any atom is 0.338 e. The molecule has 0 aromatic carbocycles. The Morgan fingerprint density at radius 3 is 1.59 bits per heavy atom. The van der Waals surface area contributed by atoms with E-state index in [1.807, 2.05) is 0 Å². The Morgan fingerprint density at radius 1 is 0.706 bits per heavy atom. The van der Waals surface area contributed by atoms with E-state index in [1.54, 1.807) is 0 Å². The Morgan fingerprint density at radius 2 is 1.15 bits per heavy atom. The minimum Gasteiger partial charge on any atom is -0.463 e. The summed E-state index contributed by atoms with van der Waals surface area (Å²) in [6, 6.07) is 0. The lowest BCUT2D eigenvalue weighted by Gasteiger charge is -2.44. The first kappa shape index (κ1) is 26.5. The minimum absolute atomic E-state index is 0.482. The van der Waals surface area contributed by atoms with E-state index >= 15 is 0 Å². The predicted octanol–water partition coefficient (Wildman–Crippen LogP) is -2.50. The van der Waals surface area contributed by atoms with Crippen LogP contribution in [-0.2, 0) is 57.0 Å². The number of nitrogens with zero attached hydrogens (tertiary/aromatic N) is 3. The van der Waals surface area contributed by atoms with Gasteiger partial charge < -0.3 is 23.7 Å². The smallest absolute Gasteiger partial charge is 0.338 e. The van der Waals surface area contributed by atoms with Crippen LogP contribution in [0.25, 0.3) is 0 Å². The highest BCUT2D eigenvalue weighted by atomic mass is 16.7. The number of aromatic nitrogens is 3. The third-order valence-corrected chi connectivity index (χ3v) is 4.78. The van der Waals surface area contributed by atoms with Gasteiger partial charge >= 0.3 is 40.9 Å². The summed E-state index contributed by atoms with van der Waals surface area (Å²) in [6.07, 6.45) is -7.87. The summed E-state index contributed by atoms with van der Waals surface area (Å²) in [5.74, 6) is -3.37. The van der Waals surface area contributed by atoms with Crippen LogP contribution in [0.2, 0.25) is 0 Å². The number of rotatable bonds is 6. The lowest BCUT2D eigenvalue weighted by atomic mass is 9.97. The van der Waals surface area contributed by atoms with Crippen LogP contribution in [0.15, 0.2) is 14.4 Å². The van der Waals surface area contributed by atoms with Crippen LogP contribution < -0.4 is 17.1 Å². The Kier molecular flexibility index (Phi) is 8.15. The van der Waals surface area contributed by atoms with Gasteiger partial charge in [0.1, 0.15) is 12.7 Å². The quantitative estimate of drug-likeness (QED) is 0.304. The van der Waals surface area contributed by atoms with E-state index in [0.717, 1.165) is 41.8 Å². The van der Waals surface area contributed by atoms with Gasteiger partial charge in [0.15, 0.2) is 24.5 Å². The second kappa shape index (κ2) is 10.5. The van der Waals surface area contributed by atoms with Gasteiger partial charge in [-0.05, 0) is 0 Å². The number of carbonyl (C=O) groups is 4. The number of ether oxygens (including phenoxy) is 5. The molecule has 1 aliphatic rings. The number of hydrogen-bond donors (Lipinski definition) is 0. The summed E-state index contributed by atoms with van der Waals surface area (Å²) in [7, 11) is 2.21. The SMILES string of the molecule is CC(=O)OC[C@H]1O[C@H](n2c(=O)n(C)c(=O)n(C)c2=O)[C@@H](OC(C)=O)[C@@H](OC(C)=O)[C@@H]1OC(C)=O. The molecule has 0 amide bonds. The molecule has 2 heterocycles. The summed E-state index contributed by atoms with van der Waals surface area (Å²) >= 11 is 0. The average Bonchev–Trinajstić information content (AvgIpc) is 2.72. The molecular formula is C19H25N3O12. The summed E-state index contributed by atoms with van der Waals surface area (Å²) in [5, 5.41) is 0. The van der Waals surface area contributed by atoms with Crippen molar-refractivity contribution >= 4 is 23.9 Å². The van der Waals surface area contributed by atoms with E-state index in [-0.39, 0.29) is 0 Å². The van der Waals surface area contributed by atoms with Crippen LogP contribution >= 0.6 is 0 Å². The minimum atomic E-state index is -1.77. The number of esters is 4. The van der Waals surface area contributed by atoms with Crippen LogP contribution in [0.3, 0.4) is 0 Å². The first-order chi connectivity index (χ1) is 15.8. The molecule has 1 aromatic heterocycles. The molecule has 15 nitrogen and oxygen atoms in total. The topological polar surface area (TPSA) is 180 Å². The molecule has 0 N–H and O–H groups in total. The molecule has 0 radical (unpaired) electrons. The van der Waals surface area contributed by atoms with E-state index in [2.05, 4.69) is 0 Å². The van der Waals surface area contributed by atoms with Crippen LogP contribution in [0, 0.1) is 0 Å². The van der Waals surface area contributed by atoms with E-state index in [1.165, 1.54) is 0 Å². The van der Waals surface area contributed by atoms with Gasteiger partial charge in [0, 0.05) is 41.8 Å².